The second kappa shape index (κ2) is 9.69. The number of anilines is 1. The first-order valence-corrected chi connectivity index (χ1v) is 10.4. The van der Waals surface area contributed by atoms with Gasteiger partial charge in [-0.2, -0.15) is 0 Å². The molecule has 0 aromatic heterocycles. The predicted octanol–water partition coefficient (Wildman–Crippen LogP) is 3.93. The van der Waals surface area contributed by atoms with Crippen molar-refractivity contribution in [3.63, 3.8) is 0 Å². The normalized spacial score (nSPS) is 14.6. The smallest absolute Gasteiger partial charge is 0.224 e. The fourth-order valence-corrected chi connectivity index (χ4v) is 4.14. The maximum atomic E-state index is 12.4. The number of piperidine rings is 1. The minimum Gasteiger partial charge on any atom is -0.362 e. The zero-order valence-corrected chi connectivity index (χ0v) is 17.5. The van der Waals surface area contributed by atoms with Crippen LogP contribution >= 0.6 is 12.2 Å². The summed E-state index contributed by atoms with van der Waals surface area (Å²) in [7, 11) is 0. The van der Waals surface area contributed by atoms with Gasteiger partial charge in [-0.3, -0.25) is 4.79 Å². The van der Waals surface area contributed by atoms with Crippen molar-refractivity contribution in [1.82, 2.24) is 10.2 Å². The number of hydrogen-bond donors (Lipinski definition) is 1. The molecule has 1 aliphatic heterocycles. The van der Waals surface area contributed by atoms with Crippen molar-refractivity contribution < 1.29 is 4.79 Å². The Labute approximate surface area is 173 Å². The Morgan fingerprint density at radius 3 is 2.39 bits per heavy atom. The molecule has 0 unspecified atom stereocenters. The molecule has 0 radical (unpaired) electrons. The van der Waals surface area contributed by atoms with Crippen molar-refractivity contribution in [1.29, 1.82) is 0 Å². The van der Waals surface area contributed by atoms with Crippen molar-refractivity contribution in [2.24, 2.45) is 0 Å². The maximum absolute atomic E-state index is 12.4. The lowest BCUT2D eigenvalue weighted by molar-refractivity contribution is -0.117. The van der Waals surface area contributed by atoms with Gasteiger partial charge < -0.3 is 15.1 Å². The number of rotatable bonds is 5. The van der Waals surface area contributed by atoms with E-state index in [1.165, 1.54) is 5.56 Å². The van der Waals surface area contributed by atoms with E-state index in [0.717, 1.165) is 55.3 Å². The molecule has 1 saturated heterocycles. The Hall–Kier alpha value is -2.40. The summed E-state index contributed by atoms with van der Waals surface area (Å²) < 4.78 is 0. The number of nitrogens with zero attached hydrogens (tertiary/aromatic N) is 2. The fraction of sp³-hybridized carbons (Fsp3) is 0.391. The summed E-state index contributed by atoms with van der Waals surface area (Å²) in [5.41, 5.74) is 3.47. The van der Waals surface area contributed by atoms with Crippen molar-refractivity contribution in [3.05, 3.63) is 65.7 Å². The first-order valence-electron chi connectivity index (χ1n) is 9.98. The van der Waals surface area contributed by atoms with Gasteiger partial charge in [0, 0.05) is 38.3 Å². The van der Waals surface area contributed by atoms with E-state index in [9.17, 15) is 4.79 Å². The molecule has 2 aromatic carbocycles. The molecule has 0 aliphatic carbocycles. The summed E-state index contributed by atoms with van der Waals surface area (Å²) in [6, 6.07) is 18.8. The summed E-state index contributed by atoms with van der Waals surface area (Å²) in [4.78, 5) is 16.6. The van der Waals surface area contributed by atoms with Gasteiger partial charge in [0.2, 0.25) is 5.91 Å². The lowest BCUT2D eigenvalue weighted by atomic mass is 10.0. The molecule has 148 valence electrons. The molecule has 5 heteroatoms. The van der Waals surface area contributed by atoms with Gasteiger partial charge in [0.1, 0.15) is 0 Å². The number of carbonyl (C=O) groups is 1. The third kappa shape index (κ3) is 5.10. The van der Waals surface area contributed by atoms with E-state index in [1.54, 1.807) is 6.92 Å². The molecule has 4 nitrogen and oxygen atoms in total. The van der Waals surface area contributed by atoms with Crippen LogP contribution in [0.4, 0.5) is 5.69 Å². The highest BCUT2D eigenvalue weighted by Gasteiger charge is 2.28. The van der Waals surface area contributed by atoms with Crippen LogP contribution < -0.4 is 10.2 Å². The Bertz CT molecular complexity index is 801. The summed E-state index contributed by atoms with van der Waals surface area (Å²) in [6.45, 7) is 6.31. The molecule has 1 N–H and O–H groups in total. The molecule has 0 spiro atoms. The number of benzene rings is 2. The van der Waals surface area contributed by atoms with Crippen LogP contribution in [0.5, 0.6) is 0 Å². The van der Waals surface area contributed by atoms with Gasteiger partial charge in [-0.05, 0) is 55.6 Å². The average molecular weight is 396 g/mol. The predicted molar refractivity (Wildman–Crippen MR) is 120 cm³/mol. The Morgan fingerprint density at radius 1 is 1.11 bits per heavy atom. The monoisotopic (exact) mass is 395 g/mol. The number of thiocarbonyl (C=S) groups is 1. The lowest BCUT2D eigenvalue weighted by Gasteiger charge is -2.39. The van der Waals surface area contributed by atoms with Crippen molar-refractivity contribution in [2.75, 3.05) is 24.5 Å². The third-order valence-electron chi connectivity index (χ3n) is 5.36. The number of para-hydroxylation sites is 1. The molecule has 0 bridgehead atoms. The van der Waals surface area contributed by atoms with Gasteiger partial charge >= 0.3 is 0 Å². The zero-order valence-electron chi connectivity index (χ0n) is 16.7. The summed E-state index contributed by atoms with van der Waals surface area (Å²) in [5.74, 6) is 0.108. The molecule has 0 saturated carbocycles. The molecule has 1 aliphatic rings. The number of hydrogen-bond acceptors (Lipinski definition) is 2. The van der Waals surface area contributed by atoms with Crippen LogP contribution in [0.2, 0.25) is 0 Å². The first kappa shape index (κ1) is 20.3. The molecule has 0 atom stereocenters. The highest BCUT2D eigenvalue weighted by molar-refractivity contribution is 7.80. The highest BCUT2D eigenvalue weighted by Crippen LogP contribution is 2.26. The quantitative estimate of drug-likeness (QED) is 0.778. The Morgan fingerprint density at radius 2 is 1.75 bits per heavy atom. The number of carbonyl (C=O) groups excluding carboxylic acids is 1. The molecule has 2 aromatic rings. The van der Waals surface area contributed by atoms with Gasteiger partial charge in [0.25, 0.3) is 0 Å². The Balaban J connectivity index is 1.52. The third-order valence-corrected chi connectivity index (χ3v) is 5.77. The lowest BCUT2D eigenvalue weighted by Crippen LogP contribution is -2.51. The van der Waals surface area contributed by atoms with Crippen molar-refractivity contribution in [2.45, 2.75) is 39.2 Å². The van der Waals surface area contributed by atoms with Crippen molar-refractivity contribution in [3.8, 4) is 0 Å². The van der Waals surface area contributed by atoms with E-state index in [1.807, 2.05) is 29.2 Å². The topological polar surface area (TPSA) is 35.6 Å². The van der Waals surface area contributed by atoms with Crippen LogP contribution in [-0.4, -0.2) is 41.6 Å². The average Bonchev–Trinajstić information content (AvgIpc) is 2.71. The van der Waals surface area contributed by atoms with Crippen LogP contribution in [0.15, 0.2) is 54.6 Å². The first-order chi connectivity index (χ1) is 13.6. The number of amides is 1. The molecule has 1 heterocycles. The van der Waals surface area contributed by atoms with Crippen LogP contribution in [-0.2, 0) is 11.2 Å². The van der Waals surface area contributed by atoms with Crippen LogP contribution in [0.1, 0.15) is 30.9 Å². The van der Waals surface area contributed by atoms with Gasteiger partial charge in [-0.25, -0.2) is 0 Å². The summed E-state index contributed by atoms with van der Waals surface area (Å²) in [5, 5.41) is 4.20. The van der Waals surface area contributed by atoms with Crippen LogP contribution in [0.3, 0.4) is 0 Å². The molecule has 1 fully saturated rings. The van der Waals surface area contributed by atoms with E-state index in [-0.39, 0.29) is 11.9 Å². The maximum Gasteiger partial charge on any atom is 0.224 e. The van der Waals surface area contributed by atoms with E-state index in [4.69, 9.17) is 12.2 Å². The van der Waals surface area contributed by atoms with Crippen LogP contribution in [0.25, 0.3) is 0 Å². The molecule has 1 amide bonds. The van der Waals surface area contributed by atoms with Gasteiger partial charge in [-0.15, -0.1) is 0 Å². The summed E-state index contributed by atoms with van der Waals surface area (Å²) in [6.07, 6.45) is 2.81. The standard InChI is InChI=1S/C23H29N3OS/c1-18-8-6-7-11-22(18)26(19(2)27)21-13-16-25(17-14-21)23(28)24-15-12-20-9-4-3-5-10-20/h3-11,21H,12-17H2,1-2H3,(H,24,28). The SMILES string of the molecule is CC(=O)N(c1ccccc1C)C1CCN(C(=S)NCCc2ccccc2)CC1. The van der Waals surface area contributed by atoms with E-state index < -0.39 is 0 Å². The molecule has 3 rings (SSSR count). The van der Waals surface area contributed by atoms with Crippen LogP contribution in [0, 0.1) is 6.92 Å². The number of likely N-dealkylation sites (tertiary alicyclic amines) is 1. The Kier molecular flexibility index (Phi) is 7.04. The van der Waals surface area contributed by atoms with E-state index in [0.29, 0.717) is 0 Å². The van der Waals surface area contributed by atoms with E-state index >= 15 is 0 Å². The van der Waals surface area contributed by atoms with Gasteiger partial charge in [-0.1, -0.05) is 48.5 Å². The van der Waals surface area contributed by atoms with Gasteiger partial charge in [0.15, 0.2) is 5.11 Å². The second-order valence-electron chi connectivity index (χ2n) is 7.36. The summed E-state index contributed by atoms with van der Waals surface area (Å²) >= 11 is 5.59. The number of aryl methyl sites for hydroxylation is 1. The minimum absolute atomic E-state index is 0.108. The fourth-order valence-electron chi connectivity index (χ4n) is 3.85. The molecular weight excluding hydrogens is 366 g/mol. The molecule has 28 heavy (non-hydrogen) atoms. The highest BCUT2D eigenvalue weighted by atomic mass is 32.1. The van der Waals surface area contributed by atoms with Gasteiger partial charge in [0.05, 0.1) is 0 Å². The zero-order chi connectivity index (χ0) is 19.9. The van der Waals surface area contributed by atoms with Crippen molar-refractivity contribution >= 4 is 28.9 Å². The minimum atomic E-state index is 0.108. The largest absolute Gasteiger partial charge is 0.362 e. The van der Waals surface area contributed by atoms with E-state index in [2.05, 4.69) is 47.5 Å². The molecular formula is C23H29N3OS. The second-order valence-corrected chi connectivity index (χ2v) is 7.75. The number of nitrogens with one attached hydrogen (secondary N) is 1.